The lowest BCUT2D eigenvalue weighted by atomic mass is 9.72. The number of carbonyl (C=O) groups is 1. The molecule has 1 aromatic carbocycles. The van der Waals surface area contributed by atoms with Crippen LogP contribution in [0, 0.1) is 22.7 Å². The molecule has 5 rings (SSSR count). The number of hydrogen-bond acceptors (Lipinski definition) is 7. The largest absolute Gasteiger partial charge is 0.454 e. The molecular formula is C27H34N4O3S. The van der Waals surface area contributed by atoms with Crippen molar-refractivity contribution in [3.8, 4) is 17.6 Å². The number of piperazine rings is 1. The number of hydrogen-bond donors (Lipinski definition) is 1. The maximum Gasteiger partial charge on any atom is 0.239 e. The summed E-state index contributed by atoms with van der Waals surface area (Å²) >= 11 is 1.61. The summed E-state index contributed by atoms with van der Waals surface area (Å²) in [6.45, 7) is 11.9. The van der Waals surface area contributed by atoms with Crippen LogP contribution in [-0.4, -0.2) is 55.2 Å². The molecule has 1 N–H and O–H groups in total. The molecule has 8 heteroatoms. The average molecular weight is 495 g/mol. The van der Waals surface area contributed by atoms with E-state index in [-0.39, 0.29) is 11.3 Å². The van der Waals surface area contributed by atoms with E-state index in [1.807, 2.05) is 6.07 Å². The van der Waals surface area contributed by atoms with E-state index < -0.39 is 0 Å². The van der Waals surface area contributed by atoms with Crippen LogP contribution in [0.4, 0.5) is 5.00 Å². The summed E-state index contributed by atoms with van der Waals surface area (Å²) in [7, 11) is 0. The molecule has 7 nitrogen and oxygen atoms in total. The van der Waals surface area contributed by atoms with Gasteiger partial charge in [0.05, 0.1) is 12.1 Å². The van der Waals surface area contributed by atoms with E-state index in [1.54, 1.807) is 11.3 Å². The van der Waals surface area contributed by atoms with E-state index in [1.165, 1.54) is 10.4 Å². The third-order valence-electron chi connectivity index (χ3n) is 7.53. The Morgan fingerprint density at radius 2 is 1.91 bits per heavy atom. The number of carbonyl (C=O) groups excluding carboxylic acids is 1. The van der Waals surface area contributed by atoms with Crippen LogP contribution in [0.5, 0.6) is 11.5 Å². The van der Waals surface area contributed by atoms with Gasteiger partial charge in [-0.1, -0.05) is 26.8 Å². The maximum absolute atomic E-state index is 12.9. The lowest BCUT2D eigenvalue weighted by molar-refractivity contribution is -0.117. The average Bonchev–Trinajstić information content (AvgIpc) is 3.42. The third-order valence-corrected chi connectivity index (χ3v) is 8.70. The van der Waals surface area contributed by atoms with Crippen molar-refractivity contribution in [2.45, 2.75) is 46.6 Å². The monoisotopic (exact) mass is 494 g/mol. The van der Waals surface area contributed by atoms with E-state index in [0.29, 0.717) is 24.8 Å². The first-order valence-corrected chi connectivity index (χ1v) is 13.3. The molecule has 2 aromatic rings. The molecule has 1 amide bonds. The van der Waals surface area contributed by atoms with Gasteiger partial charge in [0.15, 0.2) is 11.5 Å². The first-order chi connectivity index (χ1) is 16.8. The summed E-state index contributed by atoms with van der Waals surface area (Å²) in [4.78, 5) is 18.7. The summed E-state index contributed by atoms with van der Waals surface area (Å²) in [5.74, 6) is 2.21. The quantitative estimate of drug-likeness (QED) is 0.669. The number of benzene rings is 1. The molecule has 1 atom stereocenters. The molecule has 2 aliphatic heterocycles. The summed E-state index contributed by atoms with van der Waals surface area (Å²) < 4.78 is 10.9. The number of ether oxygens (including phenoxy) is 2. The van der Waals surface area contributed by atoms with Gasteiger partial charge < -0.3 is 14.8 Å². The summed E-state index contributed by atoms with van der Waals surface area (Å²) in [5, 5.41) is 13.6. The van der Waals surface area contributed by atoms with Crippen LogP contribution in [0.2, 0.25) is 0 Å². The van der Waals surface area contributed by atoms with Gasteiger partial charge in [-0.3, -0.25) is 14.6 Å². The van der Waals surface area contributed by atoms with Crippen molar-refractivity contribution in [3.63, 3.8) is 0 Å². The zero-order valence-electron chi connectivity index (χ0n) is 20.9. The molecule has 1 aliphatic carbocycles. The molecule has 35 heavy (non-hydrogen) atoms. The molecule has 186 valence electrons. The van der Waals surface area contributed by atoms with Crippen LogP contribution < -0.4 is 14.8 Å². The molecule has 3 heterocycles. The molecule has 0 saturated carbocycles. The molecular weight excluding hydrogens is 460 g/mol. The summed E-state index contributed by atoms with van der Waals surface area (Å²) in [6.07, 6.45) is 3.03. The fourth-order valence-corrected chi connectivity index (χ4v) is 6.60. The Labute approximate surface area is 211 Å². The highest BCUT2D eigenvalue weighted by molar-refractivity contribution is 7.16. The van der Waals surface area contributed by atoms with Gasteiger partial charge in [-0.25, -0.2) is 0 Å². The molecule has 1 saturated heterocycles. The van der Waals surface area contributed by atoms with Gasteiger partial charge in [-0.05, 0) is 53.9 Å². The predicted octanol–water partition coefficient (Wildman–Crippen LogP) is 4.26. The van der Waals surface area contributed by atoms with Crippen molar-refractivity contribution in [3.05, 3.63) is 39.8 Å². The van der Waals surface area contributed by atoms with Crippen LogP contribution >= 0.6 is 11.3 Å². The van der Waals surface area contributed by atoms with Crippen molar-refractivity contribution in [1.29, 1.82) is 5.26 Å². The van der Waals surface area contributed by atoms with E-state index >= 15 is 0 Å². The summed E-state index contributed by atoms with van der Waals surface area (Å²) in [5.41, 5.74) is 3.30. The SMILES string of the molecule is CC(C)(C)C1CCc2c(sc(NC(=O)CN3CCN(Cc4ccc5c(c4)OCO5)CC3)c2C#N)C1. The first kappa shape index (κ1) is 24.1. The molecule has 0 spiro atoms. The Kier molecular flexibility index (Phi) is 6.75. The molecule has 0 radical (unpaired) electrons. The van der Waals surface area contributed by atoms with Crippen LogP contribution in [0.1, 0.15) is 48.8 Å². The van der Waals surface area contributed by atoms with Crippen molar-refractivity contribution in [2.24, 2.45) is 11.3 Å². The molecule has 1 aromatic heterocycles. The predicted molar refractivity (Wildman–Crippen MR) is 137 cm³/mol. The Bertz CT molecular complexity index is 1140. The Hall–Kier alpha value is -2.60. The van der Waals surface area contributed by atoms with E-state index in [9.17, 15) is 10.1 Å². The van der Waals surface area contributed by atoms with Gasteiger partial charge in [0.25, 0.3) is 0 Å². The second kappa shape index (κ2) is 9.81. The van der Waals surface area contributed by atoms with E-state index in [0.717, 1.165) is 74.0 Å². The zero-order valence-corrected chi connectivity index (χ0v) is 21.7. The van der Waals surface area contributed by atoms with Gasteiger partial charge in [-0.2, -0.15) is 5.26 Å². The highest BCUT2D eigenvalue weighted by Gasteiger charge is 2.32. The fourth-order valence-electron chi connectivity index (χ4n) is 5.30. The zero-order chi connectivity index (χ0) is 24.6. The number of nitriles is 1. The molecule has 0 bridgehead atoms. The number of fused-ring (bicyclic) bond motifs is 2. The second-order valence-electron chi connectivity index (χ2n) is 10.9. The fraction of sp³-hybridized carbons (Fsp3) is 0.556. The van der Waals surface area contributed by atoms with Crippen molar-refractivity contribution < 1.29 is 14.3 Å². The van der Waals surface area contributed by atoms with Crippen LogP contribution in [0.3, 0.4) is 0 Å². The van der Waals surface area contributed by atoms with Gasteiger partial charge in [0, 0.05) is 37.6 Å². The standard InChI is InChI=1S/C27H34N4O3S/c1-27(2,3)19-5-6-20-21(14-28)26(35-24(20)13-19)29-25(32)16-31-10-8-30(9-11-31)15-18-4-7-22-23(12-18)34-17-33-22/h4,7,12,19H,5-6,8-11,13,15-17H2,1-3H3,(H,29,32). The second-order valence-corrected chi connectivity index (χ2v) is 12.0. The number of rotatable bonds is 5. The Morgan fingerprint density at radius 1 is 1.17 bits per heavy atom. The van der Waals surface area contributed by atoms with Gasteiger partial charge in [0.2, 0.25) is 12.7 Å². The molecule has 1 unspecified atom stereocenters. The molecule has 3 aliphatic rings. The summed E-state index contributed by atoms with van der Waals surface area (Å²) in [6, 6.07) is 8.48. The first-order valence-electron chi connectivity index (χ1n) is 12.5. The Balaban J connectivity index is 1.13. The highest BCUT2D eigenvalue weighted by Crippen LogP contribution is 2.44. The number of amides is 1. The number of anilines is 1. The van der Waals surface area contributed by atoms with Crippen LogP contribution in [0.25, 0.3) is 0 Å². The van der Waals surface area contributed by atoms with Gasteiger partial charge >= 0.3 is 0 Å². The van der Waals surface area contributed by atoms with Crippen molar-refractivity contribution >= 4 is 22.2 Å². The van der Waals surface area contributed by atoms with Crippen molar-refractivity contribution in [2.75, 3.05) is 44.8 Å². The lowest BCUT2D eigenvalue weighted by Crippen LogP contribution is -2.48. The minimum absolute atomic E-state index is 0.0308. The topological polar surface area (TPSA) is 77.8 Å². The van der Waals surface area contributed by atoms with Crippen LogP contribution in [0.15, 0.2) is 18.2 Å². The van der Waals surface area contributed by atoms with E-state index in [4.69, 9.17) is 9.47 Å². The normalized spacial score (nSPS) is 20.3. The maximum atomic E-state index is 12.9. The van der Waals surface area contributed by atoms with Gasteiger partial charge in [0.1, 0.15) is 11.1 Å². The van der Waals surface area contributed by atoms with Crippen molar-refractivity contribution in [1.82, 2.24) is 9.80 Å². The molecule has 1 fully saturated rings. The number of thiophene rings is 1. The smallest absolute Gasteiger partial charge is 0.239 e. The van der Waals surface area contributed by atoms with Crippen LogP contribution in [-0.2, 0) is 24.2 Å². The number of nitrogens with zero attached hydrogens (tertiary/aromatic N) is 3. The van der Waals surface area contributed by atoms with Gasteiger partial charge in [-0.15, -0.1) is 11.3 Å². The highest BCUT2D eigenvalue weighted by atomic mass is 32.1. The minimum atomic E-state index is -0.0308. The lowest BCUT2D eigenvalue weighted by Gasteiger charge is -2.34. The Morgan fingerprint density at radius 3 is 2.66 bits per heavy atom. The third kappa shape index (κ3) is 5.32. The minimum Gasteiger partial charge on any atom is -0.454 e. The van der Waals surface area contributed by atoms with E-state index in [2.05, 4.69) is 54.1 Å². The number of nitrogens with one attached hydrogen (secondary N) is 1.